The van der Waals surface area contributed by atoms with Gasteiger partial charge in [0, 0.05) is 25.9 Å². The van der Waals surface area contributed by atoms with Crippen LogP contribution in [0.4, 0.5) is 0 Å². The van der Waals surface area contributed by atoms with Gasteiger partial charge in [-0.25, -0.2) is 4.98 Å². The highest BCUT2D eigenvalue weighted by atomic mass is 16.3. The molecule has 1 atom stereocenters. The van der Waals surface area contributed by atoms with E-state index in [9.17, 15) is 0 Å². The Hall–Kier alpha value is -1.62. The molecular weight excluding hydrogens is 216 g/mol. The Morgan fingerprint density at radius 3 is 2.88 bits per heavy atom. The highest BCUT2D eigenvalue weighted by Crippen LogP contribution is 2.18. The van der Waals surface area contributed by atoms with Crippen LogP contribution in [-0.4, -0.2) is 21.8 Å². The Morgan fingerprint density at radius 2 is 2.35 bits per heavy atom. The van der Waals surface area contributed by atoms with E-state index in [-0.39, 0.29) is 6.04 Å². The van der Waals surface area contributed by atoms with Gasteiger partial charge in [0.25, 0.3) is 0 Å². The summed E-state index contributed by atoms with van der Waals surface area (Å²) in [7, 11) is 3.90. The van der Waals surface area contributed by atoms with Gasteiger partial charge >= 0.3 is 0 Å². The number of nitrogens with zero attached hydrogens (tertiary/aromatic N) is 3. The molecule has 5 nitrogen and oxygen atoms in total. The third-order valence-electron chi connectivity index (χ3n) is 2.95. The fraction of sp³-hybridized carbons (Fsp3) is 0.500. The second-order valence-corrected chi connectivity index (χ2v) is 4.12. The van der Waals surface area contributed by atoms with Gasteiger partial charge in [-0.15, -0.1) is 0 Å². The first-order valence-corrected chi connectivity index (χ1v) is 5.77. The first kappa shape index (κ1) is 11.9. The summed E-state index contributed by atoms with van der Waals surface area (Å²) in [4.78, 5) is 4.35. The number of rotatable bonds is 5. The van der Waals surface area contributed by atoms with Crippen molar-refractivity contribution >= 4 is 0 Å². The molecule has 0 amide bonds. The van der Waals surface area contributed by atoms with Crippen LogP contribution in [-0.2, 0) is 13.5 Å². The predicted octanol–water partition coefficient (Wildman–Crippen LogP) is 1.61. The average Bonchev–Trinajstić information content (AvgIpc) is 2.90. The highest BCUT2D eigenvalue weighted by molar-refractivity contribution is 5.06. The standard InChI is InChI=1S/C12H18N4O/c1-9-15-12(8-17-9)11(13-2)5-4-10-6-7-14-16(10)3/h6-8,11,13H,4-5H2,1-3H3. The summed E-state index contributed by atoms with van der Waals surface area (Å²) in [6, 6.07) is 2.27. The molecule has 5 heteroatoms. The van der Waals surface area contributed by atoms with E-state index >= 15 is 0 Å². The molecule has 0 saturated heterocycles. The zero-order valence-corrected chi connectivity index (χ0v) is 10.5. The molecule has 2 aromatic heterocycles. The first-order chi connectivity index (χ1) is 8.20. The molecule has 1 N–H and O–H groups in total. The van der Waals surface area contributed by atoms with Crippen LogP contribution in [0.25, 0.3) is 0 Å². The Labute approximate surface area is 101 Å². The van der Waals surface area contributed by atoms with Crippen LogP contribution in [0, 0.1) is 6.92 Å². The van der Waals surface area contributed by atoms with Crippen molar-refractivity contribution in [2.45, 2.75) is 25.8 Å². The molecule has 0 aliphatic carbocycles. The van der Waals surface area contributed by atoms with Crippen LogP contribution < -0.4 is 5.32 Å². The van der Waals surface area contributed by atoms with Gasteiger partial charge in [-0.1, -0.05) is 0 Å². The molecule has 92 valence electrons. The Balaban J connectivity index is 1.99. The Morgan fingerprint density at radius 1 is 1.53 bits per heavy atom. The molecule has 0 bridgehead atoms. The van der Waals surface area contributed by atoms with Gasteiger partial charge in [-0.2, -0.15) is 5.10 Å². The van der Waals surface area contributed by atoms with E-state index in [0.717, 1.165) is 18.5 Å². The third-order valence-corrected chi connectivity index (χ3v) is 2.95. The van der Waals surface area contributed by atoms with E-state index in [0.29, 0.717) is 5.89 Å². The Bertz CT molecular complexity index is 474. The average molecular weight is 234 g/mol. The molecule has 0 radical (unpaired) electrons. The number of aromatic nitrogens is 3. The smallest absolute Gasteiger partial charge is 0.191 e. The van der Waals surface area contributed by atoms with Crippen molar-refractivity contribution in [3.05, 3.63) is 35.8 Å². The fourth-order valence-electron chi connectivity index (χ4n) is 1.92. The number of hydrogen-bond donors (Lipinski definition) is 1. The van der Waals surface area contributed by atoms with Gasteiger partial charge in [0.05, 0.1) is 11.7 Å². The lowest BCUT2D eigenvalue weighted by molar-refractivity contribution is 0.506. The topological polar surface area (TPSA) is 55.9 Å². The minimum Gasteiger partial charge on any atom is -0.449 e. The number of aryl methyl sites for hydroxylation is 3. The van der Waals surface area contributed by atoms with Crippen molar-refractivity contribution in [1.29, 1.82) is 0 Å². The van der Waals surface area contributed by atoms with Crippen molar-refractivity contribution in [1.82, 2.24) is 20.1 Å². The third kappa shape index (κ3) is 2.74. The maximum atomic E-state index is 5.24. The maximum Gasteiger partial charge on any atom is 0.191 e. The monoisotopic (exact) mass is 234 g/mol. The molecule has 1 unspecified atom stereocenters. The summed E-state index contributed by atoms with van der Waals surface area (Å²) in [6.45, 7) is 1.86. The van der Waals surface area contributed by atoms with Crippen molar-refractivity contribution in [2.24, 2.45) is 7.05 Å². The largest absolute Gasteiger partial charge is 0.449 e. The van der Waals surface area contributed by atoms with E-state index in [1.165, 1.54) is 5.69 Å². The highest BCUT2D eigenvalue weighted by Gasteiger charge is 2.14. The maximum absolute atomic E-state index is 5.24. The normalized spacial score (nSPS) is 12.9. The van der Waals surface area contributed by atoms with Gasteiger partial charge < -0.3 is 9.73 Å². The SMILES string of the molecule is CNC(CCc1ccnn1C)c1coc(C)n1. The molecule has 0 saturated carbocycles. The summed E-state index contributed by atoms with van der Waals surface area (Å²) in [5.41, 5.74) is 2.19. The summed E-state index contributed by atoms with van der Waals surface area (Å²) >= 11 is 0. The zero-order chi connectivity index (χ0) is 12.3. The first-order valence-electron chi connectivity index (χ1n) is 5.77. The van der Waals surface area contributed by atoms with Crippen LogP contribution in [0.3, 0.4) is 0 Å². The van der Waals surface area contributed by atoms with E-state index in [2.05, 4.69) is 15.4 Å². The molecule has 17 heavy (non-hydrogen) atoms. The minimum absolute atomic E-state index is 0.224. The zero-order valence-electron chi connectivity index (χ0n) is 10.5. The lowest BCUT2D eigenvalue weighted by atomic mass is 10.1. The molecule has 2 heterocycles. The molecular formula is C12H18N4O. The van der Waals surface area contributed by atoms with Gasteiger partial charge in [-0.3, -0.25) is 4.68 Å². The predicted molar refractivity (Wildman–Crippen MR) is 64.6 cm³/mol. The van der Waals surface area contributed by atoms with E-state index in [1.807, 2.05) is 38.0 Å². The molecule has 0 fully saturated rings. The van der Waals surface area contributed by atoms with Crippen LogP contribution in [0.15, 0.2) is 22.9 Å². The van der Waals surface area contributed by atoms with Gasteiger partial charge in [-0.05, 0) is 26.0 Å². The molecule has 0 aliphatic heterocycles. The molecule has 0 aliphatic rings. The number of oxazole rings is 1. The summed E-state index contributed by atoms with van der Waals surface area (Å²) in [6.07, 6.45) is 5.49. The van der Waals surface area contributed by atoms with Crippen molar-refractivity contribution in [3.63, 3.8) is 0 Å². The van der Waals surface area contributed by atoms with Gasteiger partial charge in [0.1, 0.15) is 6.26 Å². The van der Waals surface area contributed by atoms with E-state index in [1.54, 1.807) is 6.26 Å². The molecule has 2 aromatic rings. The fourth-order valence-corrected chi connectivity index (χ4v) is 1.92. The molecule has 0 aromatic carbocycles. The lowest BCUT2D eigenvalue weighted by Crippen LogP contribution is -2.18. The van der Waals surface area contributed by atoms with Gasteiger partial charge in [0.15, 0.2) is 5.89 Å². The second kappa shape index (κ2) is 5.14. The van der Waals surface area contributed by atoms with Crippen molar-refractivity contribution in [2.75, 3.05) is 7.05 Å². The summed E-state index contributed by atoms with van der Waals surface area (Å²) < 4.78 is 7.14. The van der Waals surface area contributed by atoms with E-state index < -0.39 is 0 Å². The second-order valence-electron chi connectivity index (χ2n) is 4.12. The molecule has 0 spiro atoms. The minimum atomic E-state index is 0.224. The van der Waals surface area contributed by atoms with Crippen LogP contribution >= 0.6 is 0 Å². The van der Waals surface area contributed by atoms with Crippen LogP contribution in [0.2, 0.25) is 0 Å². The van der Waals surface area contributed by atoms with Crippen LogP contribution in [0.5, 0.6) is 0 Å². The van der Waals surface area contributed by atoms with Crippen molar-refractivity contribution in [3.8, 4) is 0 Å². The summed E-state index contributed by atoms with van der Waals surface area (Å²) in [5.74, 6) is 0.709. The van der Waals surface area contributed by atoms with Gasteiger partial charge in [0.2, 0.25) is 0 Å². The van der Waals surface area contributed by atoms with Crippen LogP contribution in [0.1, 0.15) is 29.7 Å². The lowest BCUT2D eigenvalue weighted by Gasteiger charge is -2.12. The quantitative estimate of drug-likeness (QED) is 0.854. The number of nitrogens with one attached hydrogen (secondary N) is 1. The van der Waals surface area contributed by atoms with Crippen molar-refractivity contribution < 1.29 is 4.42 Å². The number of hydrogen-bond acceptors (Lipinski definition) is 4. The summed E-state index contributed by atoms with van der Waals surface area (Å²) in [5, 5.41) is 7.42. The molecule has 2 rings (SSSR count). The Kier molecular flexibility index (Phi) is 3.58. The van der Waals surface area contributed by atoms with E-state index in [4.69, 9.17) is 4.42 Å².